The number of epoxide rings is 1. The zero-order valence-corrected chi connectivity index (χ0v) is 12.4. The van der Waals surface area contributed by atoms with E-state index in [0.717, 1.165) is 11.1 Å². The summed E-state index contributed by atoms with van der Waals surface area (Å²) in [7, 11) is 0. The molecule has 23 heavy (non-hydrogen) atoms. The van der Waals surface area contributed by atoms with Gasteiger partial charge >= 0.3 is 0 Å². The van der Waals surface area contributed by atoms with Crippen LogP contribution >= 0.6 is 0 Å². The van der Waals surface area contributed by atoms with Gasteiger partial charge < -0.3 is 4.74 Å². The Hall–Kier alpha value is -1.88. The third-order valence-electron chi connectivity index (χ3n) is 5.72. The van der Waals surface area contributed by atoms with Crippen LogP contribution in [0.5, 0.6) is 0 Å². The Balaban J connectivity index is 1.91. The van der Waals surface area contributed by atoms with Gasteiger partial charge in [-0.25, -0.2) is 17.6 Å². The van der Waals surface area contributed by atoms with E-state index < -0.39 is 46.3 Å². The molecule has 0 amide bonds. The lowest BCUT2D eigenvalue weighted by atomic mass is 9.82. The average Bonchev–Trinajstić information content (AvgIpc) is 2.85. The number of benzene rings is 2. The van der Waals surface area contributed by atoms with E-state index >= 15 is 0 Å². The van der Waals surface area contributed by atoms with Crippen molar-refractivity contribution in [2.75, 3.05) is 0 Å². The van der Waals surface area contributed by atoms with Crippen molar-refractivity contribution >= 4 is 0 Å². The molecule has 1 fully saturated rings. The van der Waals surface area contributed by atoms with E-state index in [1.54, 1.807) is 12.1 Å². The van der Waals surface area contributed by atoms with Gasteiger partial charge in [0.1, 0.15) is 5.60 Å². The van der Waals surface area contributed by atoms with Crippen molar-refractivity contribution in [2.45, 2.75) is 36.9 Å². The predicted molar refractivity (Wildman–Crippen MR) is 74.3 cm³/mol. The summed E-state index contributed by atoms with van der Waals surface area (Å²) in [6, 6.07) is 7.25. The van der Waals surface area contributed by atoms with Crippen molar-refractivity contribution in [1.82, 2.24) is 0 Å². The van der Waals surface area contributed by atoms with E-state index in [1.165, 1.54) is 0 Å². The molecule has 1 heterocycles. The highest BCUT2D eigenvalue weighted by Crippen LogP contribution is 2.76. The third-order valence-corrected chi connectivity index (χ3v) is 5.72. The molecule has 0 aromatic heterocycles. The average molecular weight is 320 g/mol. The number of hydrogen-bond acceptors (Lipinski definition) is 1. The highest BCUT2D eigenvalue weighted by atomic mass is 19.2. The maximum atomic E-state index is 14.5. The molecule has 1 unspecified atom stereocenters. The lowest BCUT2D eigenvalue weighted by Crippen LogP contribution is -2.25. The molecule has 0 radical (unpaired) electrons. The first kappa shape index (κ1) is 13.5. The second-order valence-corrected chi connectivity index (χ2v) is 6.98. The minimum Gasteiger partial charge on any atom is -0.361 e. The van der Waals surface area contributed by atoms with Crippen molar-refractivity contribution < 1.29 is 22.3 Å². The number of ether oxygens (including phenoxy) is 1. The van der Waals surface area contributed by atoms with Crippen LogP contribution in [0.3, 0.4) is 0 Å². The Morgan fingerprint density at radius 1 is 0.783 bits per heavy atom. The molecule has 5 rings (SSSR count). The summed E-state index contributed by atoms with van der Waals surface area (Å²) in [4.78, 5) is 0. The van der Waals surface area contributed by atoms with Crippen molar-refractivity contribution in [3.8, 4) is 0 Å². The zero-order valence-electron chi connectivity index (χ0n) is 12.4. The smallest absolute Gasteiger partial charge is 0.197 e. The van der Waals surface area contributed by atoms with Gasteiger partial charge in [0.25, 0.3) is 0 Å². The summed E-state index contributed by atoms with van der Waals surface area (Å²) in [6.45, 7) is 3.68. The van der Waals surface area contributed by atoms with Crippen LogP contribution in [-0.4, -0.2) is 11.2 Å². The predicted octanol–water partition coefficient (Wildman–Crippen LogP) is 4.38. The topological polar surface area (TPSA) is 12.5 Å². The fourth-order valence-electron chi connectivity index (χ4n) is 4.85. The number of halogens is 4. The largest absolute Gasteiger partial charge is 0.361 e. The quantitative estimate of drug-likeness (QED) is 0.304. The summed E-state index contributed by atoms with van der Waals surface area (Å²) in [5.41, 5.74) is -0.0428. The van der Waals surface area contributed by atoms with E-state index in [-0.39, 0.29) is 11.1 Å². The van der Waals surface area contributed by atoms with Crippen LogP contribution in [0.4, 0.5) is 17.6 Å². The molecule has 0 N–H and O–H groups in total. The fourth-order valence-corrected chi connectivity index (χ4v) is 4.85. The molecule has 1 saturated heterocycles. The molecule has 3 aliphatic rings. The van der Waals surface area contributed by atoms with E-state index in [2.05, 4.69) is 0 Å². The van der Waals surface area contributed by atoms with Crippen LogP contribution in [0.25, 0.3) is 0 Å². The Bertz CT molecular complexity index is 840. The molecule has 5 heteroatoms. The Kier molecular flexibility index (Phi) is 2.13. The van der Waals surface area contributed by atoms with E-state index in [9.17, 15) is 17.6 Å². The van der Waals surface area contributed by atoms with Gasteiger partial charge in [-0.05, 0) is 25.0 Å². The van der Waals surface area contributed by atoms with Gasteiger partial charge in [0.05, 0.1) is 5.60 Å². The molecule has 1 aliphatic heterocycles. The highest BCUT2D eigenvalue weighted by Gasteiger charge is 2.79. The SMILES string of the molecule is CC1(C)OC12[C@@H]1c3ccccc3[C@H]2c2c(F)c(F)c(F)c(F)c21. The minimum absolute atomic E-state index is 0.0873. The molecule has 118 valence electrons. The summed E-state index contributed by atoms with van der Waals surface area (Å²) < 4.78 is 62.4. The van der Waals surface area contributed by atoms with Gasteiger partial charge in [-0.2, -0.15) is 0 Å². The first-order valence-corrected chi connectivity index (χ1v) is 7.47. The van der Waals surface area contributed by atoms with E-state index in [0.29, 0.717) is 0 Å². The monoisotopic (exact) mass is 320 g/mol. The van der Waals surface area contributed by atoms with Gasteiger partial charge in [0, 0.05) is 23.0 Å². The molecule has 2 aliphatic carbocycles. The van der Waals surface area contributed by atoms with Crippen LogP contribution in [0.1, 0.15) is 47.9 Å². The van der Waals surface area contributed by atoms with Gasteiger partial charge in [0.15, 0.2) is 23.3 Å². The standard InChI is InChI=1S/C18H12F4O/c1-17(2)18(23-17)11-7-5-3-4-6-8(7)12(18)10-9(11)13(19)15(21)16(22)14(10)20/h3-6,11-12H,1-2H3/t11-,12+,18?. The zero-order chi connectivity index (χ0) is 16.3. The molecule has 2 bridgehead atoms. The normalized spacial score (nSPS) is 31.4. The Morgan fingerprint density at radius 3 is 1.52 bits per heavy atom. The van der Waals surface area contributed by atoms with Gasteiger partial charge in [0.2, 0.25) is 0 Å². The third kappa shape index (κ3) is 1.20. The van der Waals surface area contributed by atoms with Crippen LogP contribution in [-0.2, 0) is 4.74 Å². The summed E-state index contributed by atoms with van der Waals surface area (Å²) in [5.74, 6) is -7.32. The maximum Gasteiger partial charge on any atom is 0.197 e. The number of fused-ring (bicyclic) bond motifs is 6. The summed E-state index contributed by atoms with van der Waals surface area (Å²) in [6.07, 6.45) is 0. The molecule has 3 atom stereocenters. The number of rotatable bonds is 0. The lowest BCUT2D eigenvalue weighted by molar-refractivity contribution is 0.264. The molecule has 0 saturated carbocycles. The minimum atomic E-state index is -1.75. The van der Waals surface area contributed by atoms with E-state index in [1.807, 2.05) is 26.0 Å². The second-order valence-electron chi connectivity index (χ2n) is 6.98. The van der Waals surface area contributed by atoms with Gasteiger partial charge in [-0.3, -0.25) is 0 Å². The molecular weight excluding hydrogens is 308 g/mol. The number of hydrogen-bond donors (Lipinski definition) is 0. The molecule has 1 spiro atoms. The van der Waals surface area contributed by atoms with E-state index in [4.69, 9.17) is 4.74 Å². The van der Waals surface area contributed by atoms with Crippen molar-refractivity contribution in [1.29, 1.82) is 0 Å². The van der Waals surface area contributed by atoms with Crippen molar-refractivity contribution in [2.24, 2.45) is 0 Å². The maximum absolute atomic E-state index is 14.5. The van der Waals surface area contributed by atoms with Crippen LogP contribution in [0.15, 0.2) is 24.3 Å². The van der Waals surface area contributed by atoms with Gasteiger partial charge in [-0.15, -0.1) is 0 Å². The van der Waals surface area contributed by atoms with Crippen LogP contribution in [0.2, 0.25) is 0 Å². The Labute approximate surface area is 129 Å². The Morgan fingerprint density at radius 2 is 1.17 bits per heavy atom. The molecule has 2 aromatic carbocycles. The van der Waals surface area contributed by atoms with Crippen molar-refractivity contribution in [3.05, 3.63) is 69.8 Å². The molecule has 1 nitrogen and oxygen atoms in total. The fraction of sp³-hybridized carbons (Fsp3) is 0.333. The highest BCUT2D eigenvalue weighted by molar-refractivity contribution is 5.67. The molecule has 2 aromatic rings. The first-order valence-electron chi connectivity index (χ1n) is 7.47. The van der Waals surface area contributed by atoms with Gasteiger partial charge in [-0.1, -0.05) is 24.3 Å². The summed E-state index contributed by atoms with van der Waals surface area (Å²) in [5, 5.41) is 0. The van der Waals surface area contributed by atoms with Crippen molar-refractivity contribution in [3.63, 3.8) is 0 Å². The summed E-state index contributed by atoms with van der Waals surface area (Å²) >= 11 is 0. The van der Waals surface area contributed by atoms with Crippen LogP contribution < -0.4 is 0 Å². The van der Waals surface area contributed by atoms with Crippen LogP contribution in [0, 0.1) is 23.3 Å². The second kappa shape index (κ2) is 3.61. The first-order chi connectivity index (χ1) is 10.8. The lowest BCUT2D eigenvalue weighted by Gasteiger charge is -2.19. The molecular formula is C18H12F4O.